The van der Waals surface area contributed by atoms with Crippen LogP contribution in [0.5, 0.6) is 5.75 Å². The molecule has 0 aliphatic carbocycles. The lowest BCUT2D eigenvalue weighted by Crippen LogP contribution is -2.44. The van der Waals surface area contributed by atoms with Gasteiger partial charge in [0.15, 0.2) is 0 Å². The molecule has 148 valence electrons. The topological polar surface area (TPSA) is 58.6 Å². The van der Waals surface area contributed by atoms with E-state index in [-0.39, 0.29) is 17.4 Å². The smallest absolute Gasteiger partial charge is 0.222 e. The van der Waals surface area contributed by atoms with Crippen molar-refractivity contribution in [2.45, 2.75) is 44.2 Å². The molecule has 1 saturated heterocycles. The highest BCUT2D eigenvalue weighted by Crippen LogP contribution is 2.30. The zero-order valence-corrected chi connectivity index (χ0v) is 16.6. The fourth-order valence-electron chi connectivity index (χ4n) is 3.80. The van der Waals surface area contributed by atoms with Crippen molar-refractivity contribution < 1.29 is 14.3 Å². The number of ether oxygens (including phenoxy) is 1. The van der Waals surface area contributed by atoms with Gasteiger partial charge in [-0.05, 0) is 42.5 Å². The van der Waals surface area contributed by atoms with Gasteiger partial charge in [-0.25, -0.2) is 0 Å². The first-order valence-corrected chi connectivity index (χ1v) is 9.71. The molecule has 2 aromatic rings. The van der Waals surface area contributed by atoms with Crippen LogP contribution in [0.2, 0.25) is 0 Å². The van der Waals surface area contributed by atoms with Gasteiger partial charge in [-0.15, -0.1) is 0 Å². The van der Waals surface area contributed by atoms with E-state index in [2.05, 4.69) is 5.32 Å². The zero-order valence-electron chi connectivity index (χ0n) is 16.6. The van der Waals surface area contributed by atoms with Gasteiger partial charge in [-0.3, -0.25) is 9.59 Å². The molecule has 28 heavy (non-hydrogen) atoms. The van der Waals surface area contributed by atoms with Gasteiger partial charge in [0, 0.05) is 32.0 Å². The molecule has 0 spiro atoms. The number of rotatable bonds is 8. The Hall–Kier alpha value is -2.82. The fourth-order valence-corrected chi connectivity index (χ4v) is 3.80. The highest BCUT2D eigenvalue weighted by Gasteiger charge is 2.38. The molecule has 5 nitrogen and oxygen atoms in total. The van der Waals surface area contributed by atoms with Gasteiger partial charge >= 0.3 is 0 Å². The minimum Gasteiger partial charge on any atom is -0.497 e. The van der Waals surface area contributed by atoms with Crippen LogP contribution in [0.25, 0.3) is 0 Å². The molecule has 1 fully saturated rings. The van der Waals surface area contributed by atoms with Crippen molar-refractivity contribution in [1.29, 1.82) is 0 Å². The summed E-state index contributed by atoms with van der Waals surface area (Å²) in [5.41, 5.74) is 1.89. The number of carbonyl (C=O) groups excluding carboxylic acids is 2. The van der Waals surface area contributed by atoms with Crippen LogP contribution in [-0.4, -0.2) is 36.4 Å². The maximum absolute atomic E-state index is 12.7. The van der Waals surface area contributed by atoms with Crippen molar-refractivity contribution in [2.75, 3.05) is 14.2 Å². The van der Waals surface area contributed by atoms with E-state index in [1.807, 2.05) is 61.6 Å². The van der Waals surface area contributed by atoms with E-state index in [1.165, 1.54) is 0 Å². The highest BCUT2D eigenvalue weighted by atomic mass is 16.5. The normalized spacial score (nSPS) is 18.6. The van der Waals surface area contributed by atoms with Crippen LogP contribution >= 0.6 is 0 Å². The molecular formula is C23H28N2O3. The van der Waals surface area contributed by atoms with Crippen molar-refractivity contribution in [2.24, 2.45) is 0 Å². The number of methoxy groups -OCH3 is 1. The minimum absolute atomic E-state index is 0.0681. The molecule has 3 rings (SSSR count). The number of hydrogen-bond acceptors (Lipinski definition) is 3. The summed E-state index contributed by atoms with van der Waals surface area (Å²) in [6, 6.07) is 17.9. The maximum Gasteiger partial charge on any atom is 0.222 e. The Morgan fingerprint density at radius 3 is 2.43 bits per heavy atom. The number of nitrogens with one attached hydrogen (secondary N) is 1. The summed E-state index contributed by atoms with van der Waals surface area (Å²) in [7, 11) is 3.48. The van der Waals surface area contributed by atoms with E-state index in [4.69, 9.17) is 4.74 Å². The molecule has 0 radical (unpaired) electrons. The molecule has 5 heteroatoms. The number of carbonyl (C=O) groups is 2. The molecule has 0 aromatic heterocycles. The van der Waals surface area contributed by atoms with Crippen LogP contribution in [0.3, 0.4) is 0 Å². The second kappa shape index (κ2) is 8.91. The van der Waals surface area contributed by atoms with Gasteiger partial charge in [-0.1, -0.05) is 42.5 Å². The Bertz CT molecular complexity index is 804. The Morgan fingerprint density at radius 1 is 1.11 bits per heavy atom. The highest BCUT2D eigenvalue weighted by molar-refractivity contribution is 5.80. The monoisotopic (exact) mass is 380 g/mol. The van der Waals surface area contributed by atoms with Gasteiger partial charge in [0.2, 0.25) is 11.8 Å². The summed E-state index contributed by atoms with van der Waals surface area (Å²) in [4.78, 5) is 26.4. The first-order valence-electron chi connectivity index (χ1n) is 9.71. The van der Waals surface area contributed by atoms with E-state index in [0.717, 1.165) is 29.7 Å². The molecule has 1 aliphatic heterocycles. The maximum atomic E-state index is 12.7. The van der Waals surface area contributed by atoms with Crippen molar-refractivity contribution >= 4 is 11.8 Å². The van der Waals surface area contributed by atoms with Crippen LogP contribution in [0, 0.1) is 0 Å². The standard InChI is InChI=1S/C23H28N2O3/c1-25(17-19-6-4-3-5-7-19)22(27)13-15-23(14-12-21(26)24-23)16-18-8-10-20(28-2)11-9-18/h3-11H,12-17H2,1-2H3,(H,24,26)/t23-/m1/s1. The van der Waals surface area contributed by atoms with Crippen molar-refractivity contribution in [3.8, 4) is 5.75 Å². The molecule has 1 N–H and O–H groups in total. The van der Waals surface area contributed by atoms with Crippen molar-refractivity contribution in [1.82, 2.24) is 10.2 Å². The molecule has 1 heterocycles. The van der Waals surface area contributed by atoms with E-state index < -0.39 is 0 Å². The quantitative estimate of drug-likeness (QED) is 0.764. The largest absolute Gasteiger partial charge is 0.497 e. The number of nitrogens with zero attached hydrogens (tertiary/aromatic N) is 1. The third-order valence-electron chi connectivity index (χ3n) is 5.44. The zero-order chi connectivity index (χ0) is 20.0. The first kappa shape index (κ1) is 19.9. The Balaban J connectivity index is 1.62. The Labute approximate surface area is 166 Å². The molecule has 1 atom stereocenters. The lowest BCUT2D eigenvalue weighted by Gasteiger charge is -2.30. The molecular weight excluding hydrogens is 352 g/mol. The predicted molar refractivity (Wildman–Crippen MR) is 109 cm³/mol. The van der Waals surface area contributed by atoms with Crippen LogP contribution < -0.4 is 10.1 Å². The van der Waals surface area contributed by atoms with Gasteiger partial charge in [-0.2, -0.15) is 0 Å². The van der Waals surface area contributed by atoms with E-state index in [9.17, 15) is 9.59 Å². The third kappa shape index (κ3) is 5.12. The van der Waals surface area contributed by atoms with Gasteiger partial charge in [0.05, 0.1) is 7.11 Å². The second-order valence-corrected chi connectivity index (χ2v) is 7.59. The van der Waals surface area contributed by atoms with Crippen molar-refractivity contribution in [3.63, 3.8) is 0 Å². The lowest BCUT2D eigenvalue weighted by atomic mass is 9.85. The Morgan fingerprint density at radius 2 is 1.82 bits per heavy atom. The molecule has 0 unspecified atom stereocenters. The summed E-state index contributed by atoms with van der Waals surface area (Å²) in [6.07, 6.45) is 3.05. The summed E-state index contributed by atoms with van der Waals surface area (Å²) in [5.74, 6) is 0.976. The van der Waals surface area contributed by atoms with Crippen LogP contribution in [-0.2, 0) is 22.6 Å². The third-order valence-corrected chi connectivity index (χ3v) is 5.44. The Kier molecular flexibility index (Phi) is 6.34. The van der Waals surface area contributed by atoms with Gasteiger partial charge < -0.3 is 15.0 Å². The summed E-state index contributed by atoms with van der Waals surface area (Å²) in [5, 5.41) is 3.15. The van der Waals surface area contributed by atoms with Gasteiger partial charge in [0.1, 0.15) is 5.75 Å². The van der Waals surface area contributed by atoms with Crippen molar-refractivity contribution in [3.05, 3.63) is 65.7 Å². The van der Waals surface area contributed by atoms with Crippen LogP contribution in [0.4, 0.5) is 0 Å². The second-order valence-electron chi connectivity index (χ2n) is 7.59. The SMILES string of the molecule is COc1ccc(C[C@]2(CCC(=O)N(C)Cc3ccccc3)CCC(=O)N2)cc1. The molecule has 2 aromatic carbocycles. The average Bonchev–Trinajstić information content (AvgIpc) is 3.08. The first-order chi connectivity index (χ1) is 13.5. The number of benzene rings is 2. The van der Waals surface area contributed by atoms with Gasteiger partial charge in [0.25, 0.3) is 0 Å². The summed E-state index contributed by atoms with van der Waals surface area (Å²) in [6.45, 7) is 0.595. The van der Waals surface area contributed by atoms with Crippen LogP contribution in [0.1, 0.15) is 36.8 Å². The van der Waals surface area contributed by atoms with Crippen LogP contribution in [0.15, 0.2) is 54.6 Å². The number of hydrogen-bond donors (Lipinski definition) is 1. The lowest BCUT2D eigenvalue weighted by molar-refractivity contribution is -0.131. The van der Waals surface area contributed by atoms with E-state index in [0.29, 0.717) is 25.8 Å². The average molecular weight is 380 g/mol. The molecule has 0 saturated carbocycles. The fraction of sp³-hybridized carbons (Fsp3) is 0.391. The number of amides is 2. The molecule has 0 bridgehead atoms. The summed E-state index contributed by atoms with van der Waals surface area (Å²) >= 11 is 0. The minimum atomic E-state index is -0.352. The molecule has 2 amide bonds. The molecule has 1 aliphatic rings. The van der Waals surface area contributed by atoms with E-state index >= 15 is 0 Å². The predicted octanol–water partition coefficient (Wildman–Crippen LogP) is 3.33. The summed E-state index contributed by atoms with van der Waals surface area (Å²) < 4.78 is 5.22. The van der Waals surface area contributed by atoms with E-state index in [1.54, 1.807) is 12.0 Å².